The highest BCUT2D eigenvalue weighted by molar-refractivity contribution is 6.06. The molecule has 5 atom stereocenters. The van der Waals surface area contributed by atoms with Crippen LogP contribution in [0.4, 0.5) is 0 Å². The Morgan fingerprint density at radius 2 is 1.81 bits per heavy atom. The summed E-state index contributed by atoms with van der Waals surface area (Å²) < 4.78 is 0. The molecule has 4 heteroatoms. The number of allylic oxidation sites excluding steroid dienone is 2. The summed E-state index contributed by atoms with van der Waals surface area (Å²) in [6.07, 6.45) is 5.10. The molecule has 2 fully saturated rings. The Labute approximate surface area is 93.9 Å². The second kappa shape index (κ2) is 3.17. The molecule has 0 aromatic heterocycles. The number of carbonyl (C=O) groups excluding carboxylic acids is 2. The minimum Gasteiger partial charge on any atom is -0.394 e. The van der Waals surface area contributed by atoms with Gasteiger partial charge in [-0.15, -0.1) is 0 Å². The van der Waals surface area contributed by atoms with E-state index in [1.165, 1.54) is 4.90 Å². The molecule has 0 aromatic rings. The molecule has 1 saturated heterocycles. The van der Waals surface area contributed by atoms with E-state index in [9.17, 15) is 9.59 Å². The van der Waals surface area contributed by atoms with E-state index in [0.717, 1.165) is 6.42 Å². The molecule has 1 aliphatic heterocycles. The van der Waals surface area contributed by atoms with Crippen LogP contribution in [0.5, 0.6) is 0 Å². The minimum atomic E-state index is -0.384. The normalized spacial score (nSPS) is 42.0. The number of rotatable bonds is 2. The van der Waals surface area contributed by atoms with Crippen LogP contribution in [-0.2, 0) is 9.59 Å². The molecule has 0 radical (unpaired) electrons. The molecule has 1 saturated carbocycles. The van der Waals surface area contributed by atoms with Crippen molar-refractivity contribution in [3.8, 4) is 0 Å². The average molecular weight is 221 g/mol. The van der Waals surface area contributed by atoms with Crippen molar-refractivity contribution >= 4 is 11.8 Å². The van der Waals surface area contributed by atoms with Crippen LogP contribution < -0.4 is 0 Å². The standard InChI is InChI=1S/C12H15NO3/c1-6(5-14)13-11(15)9-7-2-3-8(4-7)10(9)12(13)16/h2-3,6-10,14H,4-5H2,1H3/t6-,7?,8?,9?,10?/m1/s1. The fourth-order valence-electron chi connectivity index (χ4n) is 3.44. The Hall–Kier alpha value is -1.16. The molecule has 3 rings (SSSR count). The summed E-state index contributed by atoms with van der Waals surface area (Å²) in [5.41, 5.74) is 0. The van der Waals surface area contributed by atoms with E-state index in [0.29, 0.717) is 0 Å². The molecule has 2 amide bonds. The second-order valence-electron chi connectivity index (χ2n) is 5.08. The third-order valence-corrected chi connectivity index (χ3v) is 4.21. The highest BCUT2D eigenvalue weighted by Gasteiger charge is 2.59. The molecule has 0 aromatic carbocycles. The van der Waals surface area contributed by atoms with Crippen LogP contribution in [0.1, 0.15) is 13.3 Å². The molecule has 1 N–H and O–H groups in total. The molecule has 86 valence electrons. The smallest absolute Gasteiger partial charge is 0.234 e. The molecule has 2 bridgehead atoms. The van der Waals surface area contributed by atoms with Crippen molar-refractivity contribution in [2.24, 2.45) is 23.7 Å². The maximum atomic E-state index is 12.1. The van der Waals surface area contributed by atoms with Crippen LogP contribution in [-0.4, -0.2) is 34.5 Å². The summed E-state index contributed by atoms with van der Waals surface area (Å²) in [6.45, 7) is 1.56. The number of fused-ring (bicyclic) bond motifs is 5. The van der Waals surface area contributed by atoms with Crippen molar-refractivity contribution in [3.63, 3.8) is 0 Å². The molecule has 0 spiro atoms. The number of aliphatic hydroxyl groups excluding tert-OH is 1. The first-order chi connectivity index (χ1) is 7.65. The Balaban J connectivity index is 1.94. The summed E-state index contributed by atoms with van der Waals surface area (Å²) in [5, 5.41) is 9.08. The van der Waals surface area contributed by atoms with Gasteiger partial charge in [-0.2, -0.15) is 0 Å². The molecule has 16 heavy (non-hydrogen) atoms. The number of likely N-dealkylation sites (tertiary alicyclic amines) is 1. The topological polar surface area (TPSA) is 57.6 Å². The van der Waals surface area contributed by atoms with Crippen LogP contribution in [0.2, 0.25) is 0 Å². The van der Waals surface area contributed by atoms with E-state index >= 15 is 0 Å². The predicted molar refractivity (Wildman–Crippen MR) is 56.1 cm³/mol. The van der Waals surface area contributed by atoms with Gasteiger partial charge in [0.25, 0.3) is 0 Å². The SMILES string of the molecule is C[C@H](CO)N1C(=O)C2C3C=CC(C3)C2C1=O. The third kappa shape index (κ3) is 1.03. The zero-order valence-corrected chi connectivity index (χ0v) is 9.17. The Kier molecular flexibility index (Phi) is 1.98. The minimum absolute atomic E-state index is 0.0756. The van der Waals surface area contributed by atoms with E-state index in [1.807, 2.05) is 0 Å². The van der Waals surface area contributed by atoms with Gasteiger partial charge in [-0.1, -0.05) is 12.2 Å². The van der Waals surface area contributed by atoms with Crippen LogP contribution in [0, 0.1) is 23.7 Å². The monoisotopic (exact) mass is 221 g/mol. The molecule has 4 nitrogen and oxygen atoms in total. The Morgan fingerprint density at radius 3 is 2.25 bits per heavy atom. The fourth-order valence-corrected chi connectivity index (χ4v) is 3.44. The van der Waals surface area contributed by atoms with Crippen molar-refractivity contribution in [3.05, 3.63) is 12.2 Å². The van der Waals surface area contributed by atoms with E-state index in [-0.39, 0.29) is 48.1 Å². The lowest BCUT2D eigenvalue weighted by atomic mass is 9.85. The highest BCUT2D eigenvalue weighted by atomic mass is 16.3. The summed E-state index contributed by atoms with van der Waals surface area (Å²) in [5.74, 6) is 0.0690. The lowest BCUT2D eigenvalue weighted by Crippen LogP contribution is -2.42. The molecule has 3 aliphatic rings. The van der Waals surface area contributed by atoms with Gasteiger partial charge in [0.1, 0.15) is 0 Å². The van der Waals surface area contributed by atoms with E-state index < -0.39 is 0 Å². The van der Waals surface area contributed by atoms with Gasteiger partial charge in [-0.25, -0.2) is 0 Å². The Bertz CT molecular complexity index is 360. The van der Waals surface area contributed by atoms with Gasteiger partial charge in [-0.3, -0.25) is 14.5 Å². The molecular formula is C12H15NO3. The summed E-state index contributed by atoms with van der Waals surface area (Å²) in [4.78, 5) is 25.6. The second-order valence-corrected chi connectivity index (χ2v) is 5.08. The van der Waals surface area contributed by atoms with Gasteiger partial charge in [0, 0.05) is 0 Å². The van der Waals surface area contributed by atoms with Crippen LogP contribution >= 0.6 is 0 Å². The number of carbonyl (C=O) groups is 2. The molecular weight excluding hydrogens is 206 g/mol. The van der Waals surface area contributed by atoms with E-state index in [1.54, 1.807) is 6.92 Å². The van der Waals surface area contributed by atoms with Crippen LogP contribution in [0.25, 0.3) is 0 Å². The van der Waals surface area contributed by atoms with Crippen LogP contribution in [0.15, 0.2) is 12.2 Å². The molecule has 4 unspecified atom stereocenters. The van der Waals surface area contributed by atoms with Crippen molar-refractivity contribution in [2.75, 3.05) is 6.61 Å². The lowest BCUT2D eigenvalue weighted by molar-refractivity contribution is -0.144. The molecule has 2 aliphatic carbocycles. The van der Waals surface area contributed by atoms with Crippen LogP contribution in [0.3, 0.4) is 0 Å². The van der Waals surface area contributed by atoms with Crippen molar-refractivity contribution < 1.29 is 14.7 Å². The van der Waals surface area contributed by atoms with Gasteiger partial charge >= 0.3 is 0 Å². The summed E-state index contributed by atoms with van der Waals surface area (Å²) in [7, 11) is 0. The highest BCUT2D eigenvalue weighted by Crippen LogP contribution is 2.52. The van der Waals surface area contributed by atoms with Crippen molar-refractivity contribution in [1.29, 1.82) is 0 Å². The number of hydrogen-bond acceptors (Lipinski definition) is 3. The maximum Gasteiger partial charge on any atom is 0.234 e. The first-order valence-corrected chi connectivity index (χ1v) is 5.81. The molecule has 1 heterocycles. The zero-order chi connectivity index (χ0) is 11.4. The summed E-state index contributed by atoms with van der Waals surface area (Å²) >= 11 is 0. The van der Waals surface area contributed by atoms with Crippen molar-refractivity contribution in [1.82, 2.24) is 4.90 Å². The zero-order valence-electron chi connectivity index (χ0n) is 9.17. The summed E-state index contributed by atoms with van der Waals surface area (Å²) in [6, 6.07) is -0.384. The van der Waals surface area contributed by atoms with Gasteiger partial charge < -0.3 is 5.11 Å². The van der Waals surface area contributed by atoms with Gasteiger partial charge in [0.05, 0.1) is 24.5 Å². The average Bonchev–Trinajstić information content (AvgIpc) is 2.92. The number of nitrogens with zero attached hydrogens (tertiary/aromatic N) is 1. The maximum absolute atomic E-state index is 12.1. The number of aliphatic hydroxyl groups is 1. The Morgan fingerprint density at radius 1 is 1.31 bits per heavy atom. The quantitative estimate of drug-likeness (QED) is 0.534. The fraction of sp³-hybridized carbons (Fsp3) is 0.667. The third-order valence-electron chi connectivity index (χ3n) is 4.21. The number of amides is 2. The van der Waals surface area contributed by atoms with E-state index in [2.05, 4.69) is 12.2 Å². The first kappa shape index (κ1) is 10.0. The number of hydrogen-bond donors (Lipinski definition) is 1. The largest absolute Gasteiger partial charge is 0.394 e. The predicted octanol–water partition coefficient (Wildman–Crippen LogP) is 0.174. The first-order valence-electron chi connectivity index (χ1n) is 5.81. The van der Waals surface area contributed by atoms with Gasteiger partial charge in [0.2, 0.25) is 11.8 Å². The van der Waals surface area contributed by atoms with Crippen molar-refractivity contribution in [2.45, 2.75) is 19.4 Å². The lowest BCUT2D eigenvalue weighted by Gasteiger charge is -2.22. The number of imide groups is 1. The van der Waals surface area contributed by atoms with Gasteiger partial charge in [-0.05, 0) is 25.2 Å². The van der Waals surface area contributed by atoms with Gasteiger partial charge in [0.15, 0.2) is 0 Å². The van der Waals surface area contributed by atoms with E-state index in [4.69, 9.17) is 5.11 Å².